The molecular formula is C15H17N3O. The zero-order chi connectivity index (χ0) is 13.7. The van der Waals surface area contributed by atoms with Crippen LogP contribution in [0.2, 0.25) is 0 Å². The molecule has 1 amide bonds. The SMILES string of the molecule is CN(CC(=O)Nc1ccccc1)c1cccc(N)c1. The topological polar surface area (TPSA) is 58.4 Å². The minimum atomic E-state index is -0.0591. The molecule has 0 spiro atoms. The number of nitrogens with one attached hydrogen (secondary N) is 1. The molecule has 4 heteroatoms. The van der Waals surface area contributed by atoms with E-state index >= 15 is 0 Å². The molecule has 19 heavy (non-hydrogen) atoms. The van der Waals surface area contributed by atoms with E-state index in [-0.39, 0.29) is 12.5 Å². The maximum atomic E-state index is 11.9. The highest BCUT2D eigenvalue weighted by molar-refractivity contribution is 5.94. The van der Waals surface area contributed by atoms with Crippen molar-refractivity contribution in [1.82, 2.24) is 0 Å². The number of carbonyl (C=O) groups excluding carboxylic acids is 1. The molecule has 0 saturated heterocycles. The van der Waals surface area contributed by atoms with E-state index in [0.717, 1.165) is 11.4 Å². The maximum absolute atomic E-state index is 11.9. The number of hydrogen-bond donors (Lipinski definition) is 2. The molecule has 0 atom stereocenters. The molecule has 4 nitrogen and oxygen atoms in total. The molecule has 0 aromatic heterocycles. The zero-order valence-electron chi connectivity index (χ0n) is 10.8. The van der Waals surface area contributed by atoms with E-state index in [0.29, 0.717) is 5.69 Å². The quantitative estimate of drug-likeness (QED) is 0.824. The normalized spacial score (nSPS) is 9.95. The van der Waals surface area contributed by atoms with Crippen LogP contribution in [0.25, 0.3) is 0 Å². The van der Waals surface area contributed by atoms with Crippen molar-refractivity contribution in [2.75, 3.05) is 29.5 Å². The van der Waals surface area contributed by atoms with Crippen molar-refractivity contribution in [3.05, 3.63) is 54.6 Å². The van der Waals surface area contributed by atoms with Gasteiger partial charge in [-0.3, -0.25) is 4.79 Å². The summed E-state index contributed by atoms with van der Waals surface area (Å²) in [5.74, 6) is -0.0591. The van der Waals surface area contributed by atoms with Gasteiger partial charge < -0.3 is 16.0 Å². The van der Waals surface area contributed by atoms with Gasteiger partial charge in [-0.25, -0.2) is 0 Å². The summed E-state index contributed by atoms with van der Waals surface area (Å²) in [5, 5.41) is 2.85. The summed E-state index contributed by atoms with van der Waals surface area (Å²) in [4.78, 5) is 13.8. The summed E-state index contributed by atoms with van der Waals surface area (Å²) in [6, 6.07) is 16.9. The molecule has 0 unspecified atom stereocenters. The first kappa shape index (κ1) is 13.0. The Morgan fingerprint density at radius 3 is 2.58 bits per heavy atom. The molecule has 0 aliphatic carbocycles. The number of benzene rings is 2. The van der Waals surface area contributed by atoms with Crippen molar-refractivity contribution in [3.8, 4) is 0 Å². The van der Waals surface area contributed by atoms with E-state index in [1.165, 1.54) is 0 Å². The highest BCUT2D eigenvalue weighted by atomic mass is 16.2. The molecule has 0 radical (unpaired) electrons. The Labute approximate surface area is 112 Å². The summed E-state index contributed by atoms with van der Waals surface area (Å²) in [6.07, 6.45) is 0. The second-order valence-electron chi connectivity index (χ2n) is 4.37. The van der Waals surface area contributed by atoms with Gasteiger partial charge in [0.2, 0.25) is 5.91 Å². The minimum Gasteiger partial charge on any atom is -0.399 e. The van der Waals surface area contributed by atoms with Crippen LogP contribution in [0.15, 0.2) is 54.6 Å². The average molecular weight is 255 g/mol. The van der Waals surface area contributed by atoms with E-state index < -0.39 is 0 Å². The number of hydrogen-bond acceptors (Lipinski definition) is 3. The molecule has 0 heterocycles. The Morgan fingerprint density at radius 1 is 1.16 bits per heavy atom. The predicted molar refractivity (Wildman–Crippen MR) is 79.2 cm³/mol. The fourth-order valence-electron chi connectivity index (χ4n) is 1.79. The molecular weight excluding hydrogens is 238 g/mol. The zero-order valence-corrected chi connectivity index (χ0v) is 10.8. The molecule has 2 aromatic rings. The maximum Gasteiger partial charge on any atom is 0.243 e. The highest BCUT2D eigenvalue weighted by Gasteiger charge is 2.07. The Morgan fingerprint density at radius 2 is 1.89 bits per heavy atom. The molecule has 2 aromatic carbocycles. The summed E-state index contributed by atoms with van der Waals surface area (Å²) < 4.78 is 0. The van der Waals surface area contributed by atoms with Crippen LogP contribution in [0.1, 0.15) is 0 Å². The van der Waals surface area contributed by atoms with Gasteiger partial charge in [0.25, 0.3) is 0 Å². The summed E-state index contributed by atoms with van der Waals surface area (Å²) in [6.45, 7) is 0.276. The van der Waals surface area contributed by atoms with Crippen molar-refractivity contribution in [2.24, 2.45) is 0 Å². The fourth-order valence-corrected chi connectivity index (χ4v) is 1.79. The van der Waals surface area contributed by atoms with E-state index in [1.807, 2.05) is 66.5 Å². The van der Waals surface area contributed by atoms with E-state index in [4.69, 9.17) is 5.73 Å². The van der Waals surface area contributed by atoms with Crippen molar-refractivity contribution >= 4 is 23.0 Å². The van der Waals surface area contributed by atoms with Gasteiger partial charge in [-0.2, -0.15) is 0 Å². The van der Waals surface area contributed by atoms with Gasteiger partial charge in [0.05, 0.1) is 6.54 Å². The predicted octanol–water partition coefficient (Wildman–Crippen LogP) is 2.34. The first-order chi connectivity index (χ1) is 9.15. The number of nitrogens with two attached hydrogens (primary N) is 1. The number of anilines is 3. The Kier molecular flexibility index (Phi) is 4.03. The van der Waals surface area contributed by atoms with Gasteiger partial charge >= 0.3 is 0 Å². The van der Waals surface area contributed by atoms with Crippen LogP contribution >= 0.6 is 0 Å². The van der Waals surface area contributed by atoms with Gasteiger partial charge in [-0.15, -0.1) is 0 Å². The fraction of sp³-hybridized carbons (Fsp3) is 0.133. The van der Waals surface area contributed by atoms with Crippen LogP contribution in [0.3, 0.4) is 0 Å². The van der Waals surface area contributed by atoms with Gasteiger partial charge in [0.1, 0.15) is 0 Å². The lowest BCUT2D eigenvalue weighted by Gasteiger charge is -2.19. The molecule has 0 aliphatic rings. The Bertz CT molecular complexity index is 554. The standard InChI is InChI=1S/C15H17N3O/c1-18(14-9-5-6-12(16)10-14)11-15(19)17-13-7-3-2-4-8-13/h2-10H,11,16H2,1H3,(H,17,19). The number of carbonyl (C=O) groups is 1. The monoisotopic (exact) mass is 255 g/mol. The largest absolute Gasteiger partial charge is 0.399 e. The van der Waals surface area contributed by atoms with Crippen LogP contribution in [0, 0.1) is 0 Å². The van der Waals surface area contributed by atoms with Crippen LogP contribution in [-0.4, -0.2) is 19.5 Å². The lowest BCUT2D eigenvalue weighted by atomic mass is 10.2. The van der Waals surface area contributed by atoms with Crippen LogP contribution in [0.4, 0.5) is 17.1 Å². The van der Waals surface area contributed by atoms with Crippen LogP contribution in [0.5, 0.6) is 0 Å². The molecule has 0 saturated carbocycles. The van der Waals surface area contributed by atoms with E-state index in [2.05, 4.69) is 5.32 Å². The second-order valence-corrected chi connectivity index (χ2v) is 4.37. The third kappa shape index (κ3) is 3.74. The molecule has 98 valence electrons. The summed E-state index contributed by atoms with van der Waals surface area (Å²) in [5.41, 5.74) is 8.13. The number of nitrogens with zero attached hydrogens (tertiary/aromatic N) is 1. The number of amides is 1. The number of rotatable bonds is 4. The lowest BCUT2D eigenvalue weighted by molar-refractivity contribution is -0.114. The Hall–Kier alpha value is -2.49. The van der Waals surface area contributed by atoms with Gasteiger partial charge in [-0.05, 0) is 30.3 Å². The minimum absolute atomic E-state index is 0.0591. The van der Waals surface area contributed by atoms with Crippen LogP contribution in [-0.2, 0) is 4.79 Å². The lowest BCUT2D eigenvalue weighted by Crippen LogP contribution is -2.30. The molecule has 0 bridgehead atoms. The number of likely N-dealkylation sites (N-methyl/N-ethyl adjacent to an activating group) is 1. The molecule has 3 N–H and O–H groups in total. The van der Waals surface area contributed by atoms with Gasteiger partial charge in [-0.1, -0.05) is 24.3 Å². The Balaban J connectivity index is 1.95. The number of nitrogen functional groups attached to an aromatic ring is 1. The van der Waals surface area contributed by atoms with Crippen molar-refractivity contribution in [1.29, 1.82) is 0 Å². The summed E-state index contributed by atoms with van der Waals surface area (Å²) in [7, 11) is 1.86. The van der Waals surface area contributed by atoms with Crippen molar-refractivity contribution < 1.29 is 4.79 Å². The van der Waals surface area contributed by atoms with Gasteiger partial charge in [0, 0.05) is 24.1 Å². The van der Waals surface area contributed by atoms with Gasteiger partial charge in [0.15, 0.2) is 0 Å². The highest BCUT2D eigenvalue weighted by Crippen LogP contribution is 2.15. The van der Waals surface area contributed by atoms with Crippen molar-refractivity contribution in [3.63, 3.8) is 0 Å². The summed E-state index contributed by atoms with van der Waals surface area (Å²) >= 11 is 0. The molecule has 0 fully saturated rings. The molecule has 2 rings (SSSR count). The number of para-hydroxylation sites is 1. The second kappa shape index (κ2) is 5.91. The third-order valence-electron chi connectivity index (χ3n) is 2.75. The third-order valence-corrected chi connectivity index (χ3v) is 2.75. The van der Waals surface area contributed by atoms with Crippen molar-refractivity contribution in [2.45, 2.75) is 0 Å². The molecule has 0 aliphatic heterocycles. The van der Waals surface area contributed by atoms with E-state index in [9.17, 15) is 4.79 Å². The smallest absolute Gasteiger partial charge is 0.243 e. The average Bonchev–Trinajstić information content (AvgIpc) is 2.39. The van der Waals surface area contributed by atoms with E-state index in [1.54, 1.807) is 0 Å². The first-order valence-electron chi connectivity index (χ1n) is 6.07. The first-order valence-corrected chi connectivity index (χ1v) is 6.07. The van der Waals surface area contributed by atoms with Crippen LogP contribution < -0.4 is 16.0 Å².